The molecule has 2 aromatic heterocycles. The molecule has 0 aliphatic heterocycles. The first kappa shape index (κ1) is 14.2. The number of aromatic amines is 1. The maximum atomic E-state index is 13.3. The summed E-state index contributed by atoms with van der Waals surface area (Å²) in [5.41, 5.74) is 1.53. The number of hydrogen-bond donors (Lipinski definition) is 2. The number of aromatic nitrogens is 2. The van der Waals surface area contributed by atoms with Crippen LogP contribution in [0.3, 0.4) is 0 Å². The monoisotopic (exact) mass is 345 g/mol. The maximum Gasteiger partial charge on any atom is 0.267 e. The molecule has 2 aromatic carbocycles. The van der Waals surface area contributed by atoms with Crippen LogP contribution in [0.2, 0.25) is 5.02 Å². The Morgan fingerprint density at radius 1 is 1.26 bits per heavy atom. The first-order chi connectivity index (χ1) is 11.1. The van der Waals surface area contributed by atoms with Gasteiger partial charge in [-0.15, -0.1) is 11.3 Å². The van der Waals surface area contributed by atoms with Gasteiger partial charge in [0, 0.05) is 21.2 Å². The van der Waals surface area contributed by atoms with Crippen molar-refractivity contribution in [3.63, 3.8) is 0 Å². The van der Waals surface area contributed by atoms with Gasteiger partial charge in [-0.25, -0.2) is 4.39 Å². The summed E-state index contributed by atoms with van der Waals surface area (Å²) in [6, 6.07) is 9.71. The predicted octanol–water partition coefficient (Wildman–Crippen LogP) is 4.82. The summed E-state index contributed by atoms with van der Waals surface area (Å²) in [5, 5.41) is 11.5. The zero-order valence-electron chi connectivity index (χ0n) is 11.6. The summed E-state index contributed by atoms with van der Waals surface area (Å²) in [6.45, 7) is 0. The average Bonchev–Trinajstić information content (AvgIpc) is 3.11. The van der Waals surface area contributed by atoms with E-state index in [2.05, 4.69) is 15.5 Å². The molecule has 0 aliphatic rings. The number of nitrogens with zero attached hydrogens (tertiary/aromatic N) is 1. The molecule has 0 spiro atoms. The van der Waals surface area contributed by atoms with E-state index in [1.165, 1.54) is 23.5 Å². The van der Waals surface area contributed by atoms with Crippen LogP contribution in [0.15, 0.2) is 42.6 Å². The molecule has 2 N–H and O–H groups in total. The minimum absolute atomic E-state index is 0.320. The van der Waals surface area contributed by atoms with Crippen molar-refractivity contribution in [1.29, 1.82) is 0 Å². The minimum Gasteiger partial charge on any atom is -0.321 e. The molecule has 4 aromatic rings. The lowest BCUT2D eigenvalue weighted by atomic mass is 10.2. The summed E-state index contributed by atoms with van der Waals surface area (Å²) in [7, 11) is 0. The van der Waals surface area contributed by atoms with Crippen molar-refractivity contribution in [1.82, 2.24) is 10.2 Å². The van der Waals surface area contributed by atoms with E-state index in [9.17, 15) is 9.18 Å². The highest BCUT2D eigenvalue weighted by molar-refractivity contribution is 7.21. The molecular formula is C16H9ClFN3OS. The number of rotatable bonds is 2. The first-order valence-electron chi connectivity index (χ1n) is 6.74. The Labute approximate surface area is 138 Å². The van der Waals surface area contributed by atoms with Crippen molar-refractivity contribution in [3.05, 3.63) is 58.3 Å². The zero-order valence-corrected chi connectivity index (χ0v) is 13.1. The van der Waals surface area contributed by atoms with Gasteiger partial charge in [0.15, 0.2) is 0 Å². The molecule has 0 fully saturated rings. The van der Waals surface area contributed by atoms with Crippen LogP contribution in [0.4, 0.5) is 10.1 Å². The Bertz CT molecular complexity index is 1060. The fourth-order valence-corrected chi connectivity index (χ4v) is 3.83. The Balaban J connectivity index is 1.69. The van der Waals surface area contributed by atoms with Crippen LogP contribution in [-0.2, 0) is 0 Å². The van der Waals surface area contributed by atoms with Crippen LogP contribution in [0, 0.1) is 5.82 Å². The van der Waals surface area contributed by atoms with E-state index in [1.54, 1.807) is 18.3 Å². The third kappa shape index (κ3) is 2.46. The second-order valence-corrected chi connectivity index (χ2v) is 6.44. The molecule has 0 bridgehead atoms. The molecule has 114 valence electrons. The van der Waals surface area contributed by atoms with Crippen LogP contribution in [0.1, 0.15) is 9.67 Å². The maximum absolute atomic E-state index is 13.3. The number of H-pyrrole nitrogens is 1. The summed E-state index contributed by atoms with van der Waals surface area (Å²) in [6.07, 6.45) is 1.68. The minimum atomic E-state index is -0.354. The lowest BCUT2D eigenvalue weighted by Gasteiger charge is -2.04. The van der Waals surface area contributed by atoms with Gasteiger partial charge < -0.3 is 5.32 Å². The number of hydrogen-bond acceptors (Lipinski definition) is 3. The summed E-state index contributed by atoms with van der Waals surface area (Å²) in [4.78, 5) is 12.8. The normalized spacial score (nSPS) is 11.2. The number of halogens is 2. The molecule has 0 unspecified atom stereocenters. The third-order valence-corrected chi connectivity index (χ3v) is 5.15. The number of nitrogens with one attached hydrogen (secondary N) is 2. The summed E-state index contributed by atoms with van der Waals surface area (Å²) in [5.74, 6) is -0.674. The van der Waals surface area contributed by atoms with Crippen LogP contribution < -0.4 is 5.32 Å². The van der Waals surface area contributed by atoms with Gasteiger partial charge in [-0.1, -0.05) is 11.6 Å². The number of thiophene rings is 1. The molecule has 0 saturated carbocycles. The second kappa shape index (κ2) is 5.33. The molecule has 1 amide bonds. The molecule has 0 atom stereocenters. The fourth-order valence-electron chi connectivity index (χ4n) is 2.39. The van der Waals surface area contributed by atoms with Gasteiger partial charge >= 0.3 is 0 Å². The molecule has 7 heteroatoms. The van der Waals surface area contributed by atoms with E-state index in [0.717, 1.165) is 10.9 Å². The molecule has 0 saturated heterocycles. The van der Waals surface area contributed by atoms with Crippen molar-refractivity contribution in [2.24, 2.45) is 0 Å². The summed E-state index contributed by atoms with van der Waals surface area (Å²) >= 11 is 7.43. The van der Waals surface area contributed by atoms with Gasteiger partial charge in [-0.2, -0.15) is 5.10 Å². The van der Waals surface area contributed by atoms with Crippen molar-refractivity contribution in [2.45, 2.75) is 0 Å². The van der Waals surface area contributed by atoms with Crippen LogP contribution in [0.25, 0.3) is 21.0 Å². The highest BCUT2D eigenvalue weighted by Crippen LogP contribution is 2.36. The third-order valence-electron chi connectivity index (χ3n) is 3.50. The SMILES string of the molecule is O=C(Nc1ccc2[nH]ncc2c1)c1sc2cc(F)ccc2c1Cl. The Morgan fingerprint density at radius 2 is 2.13 bits per heavy atom. The van der Waals surface area contributed by atoms with Gasteiger partial charge in [0.2, 0.25) is 0 Å². The molecule has 0 radical (unpaired) electrons. The number of benzene rings is 2. The highest BCUT2D eigenvalue weighted by Gasteiger charge is 2.17. The number of fused-ring (bicyclic) bond motifs is 2. The standard InChI is InChI=1S/C16H9ClFN3OS/c17-14-11-3-1-9(18)6-13(11)23-15(14)16(22)20-10-2-4-12-8(5-10)7-19-21-12/h1-7H,(H,19,21)(H,20,22). The van der Waals surface area contributed by atoms with Crippen molar-refractivity contribution >= 4 is 55.5 Å². The van der Waals surface area contributed by atoms with Crippen molar-refractivity contribution < 1.29 is 9.18 Å². The Hall–Kier alpha value is -2.44. The number of carbonyl (C=O) groups is 1. The topological polar surface area (TPSA) is 57.8 Å². The van der Waals surface area contributed by atoms with Crippen LogP contribution in [-0.4, -0.2) is 16.1 Å². The highest BCUT2D eigenvalue weighted by atomic mass is 35.5. The Kier molecular flexibility index (Phi) is 3.28. The van der Waals surface area contributed by atoms with Gasteiger partial charge in [0.25, 0.3) is 5.91 Å². The van der Waals surface area contributed by atoms with Gasteiger partial charge in [0.1, 0.15) is 10.7 Å². The van der Waals surface area contributed by atoms with E-state index in [1.807, 2.05) is 12.1 Å². The van der Waals surface area contributed by atoms with E-state index in [4.69, 9.17) is 11.6 Å². The number of anilines is 1. The quantitative estimate of drug-likeness (QED) is 0.547. The van der Waals surface area contributed by atoms with E-state index >= 15 is 0 Å². The molecule has 0 aliphatic carbocycles. The van der Waals surface area contributed by atoms with Crippen LogP contribution in [0.5, 0.6) is 0 Å². The predicted molar refractivity (Wildman–Crippen MR) is 90.8 cm³/mol. The first-order valence-corrected chi connectivity index (χ1v) is 7.93. The van der Waals surface area contributed by atoms with E-state index < -0.39 is 0 Å². The zero-order chi connectivity index (χ0) is 16.0. The van der Waals surface area contributed by atoms with E-state index in [0.29, 0.717) is 25.7 Å². The van der Waals surface area contributed by atoms with Crippen molar-refractivity contribution in [3.8, 4) is 0 Å². The lowest BCUT2D eigenvalue weighted by Crippen LogP contribution is -2.10. The van der Waals surface area contributed by atoms with Gasteiger partial charge in [-0.05, 0) is 36.4 Å². The number of carbonyl (C=O) groups excluding carboxylic acids is 1. The molecule has 4 rings (SSSR count). The largest absolute Gasteiger partial charge is 0.321 e. The van der Waals surface area contributed by atoms with Gasteiger partial charge in [-0.3, -0.25) is 9.89 Å². The second-order valence-electron chi connectivity index (χ2n) is 5.01. The lowest BCUT2D eigenvalue weighted by molar-refractivity contribution is 0.103. The summed E-state index contributed by atoms with van der Waals surface area (Å²) < 4.78 is 13.9. The fraction of sp³-hybridized carbons (Fsp3) is 0. The van der Waals surface area contributed by atoms with Crippen LogP contribution >= 0.6 is 22.9 Å². The molecule has 2 heterocycles. The molecule has 23 heavy (non-hydrogen) atoms. The number of amides is 1. The van der Waals surface area contributed by atoms with Gasteiger partial charge in [0.05, 0.1) is 16.7 Å². The van der Waals surface area contributed by atoms with Crippen molar-refractivity contribution in [2.75, 3.05) is 5.32 Å². The Morgan fingerprint density at radius 3 is 3.00 bits per heavy atom. The molecular weight excluding hydrogens is 337 g/mol. The smallest absolute Gasteiger partial charge is 0.267 e. The average molecular weight is 346 g/mol. The molecule has 4 nitrogen and oxygen atoms in total. The van der Waals surface area contributed by atoms with E-state index in [-0.39, 0.29) is 11.7 Å².